The van der Waals surface area contributed by atoms with Gasteiger partial charge in [0, 0.05) is 56.6 Å². The van der Waals surface area contributed by atoms with Crippen LogP contribution in [0.2, 0.25) is 0 Å². The number of hydrogen-bond donors (Lipinski definition) is 3. The summed E-state index contributed by atoms with van der Waals surface area (Å²) in [6, 6.07) is 24.3. The number of carboxylic acids is 1. The Morgan fingerprint density at radius 3 is 2.38 bits per heavy atom. The first-order valence-electron chi connectivity index (χ1n) is 16.2. The fourth-order valence-electron chi connectivity index (χ4n) is 5.61. The van der Waals surface area contributed by atoms with Gasteiger partial charge in [0.05, 0.1) is 18.8 Å². The maximum Gasteiger partial charge on any atom is 0.303 e. The molecule has 1 saturated heterocycles. The molecule has 3 atom stereocenters. The molecule has 248 valence electrons. The molecule has 0 saturated carbocycles. The normalized spacial score (nSPS) is 17.8. The SMILES string of the molecule is Cn1ccnc1SCC1CC(c2ccc(CO)cc2)OC(c2cccc(-c3cccc(CNC(=O)CCCCCCC(=O)O)c3)c2)O1. The minimum atomic E-state index is -0.775. The number of hydrogen-bond acceptors (Lipinski definition) is 7. The van der Waals surface area contributed by atoms with Gasteiger partial charge >= 0.3 is 5.97 Å². The highest BCUT2D eigenvalue weighted by Gasteiger charge is 2.32. The summed E-state index contributed by atoms with van der Waals surface area (Å²) in [6.07, 6.45) is 7.31. The Morgan fingerprint density at radius 2 is 1.66 bits per heavy atom. The van der Waals surface area contributed by atoms with Crippen LogP contribution < -0.4 is 5.32 Å². The Morgan fingerprint density at radius 1 is 0.915 bits per heavy atom. The van der Waals surface area contributed by atoms with E-state index in [1.165, 1.54) is 0 Å². The van der Waals surface area contributed by atoms with Crippen LogP contribution >= 0.6 is 11.8 Å². The number of aliphatic hydroxyl groups excluding tert-OH is 1. The molecule has 0 radical (unpaired) electrons. The number of aliphatic hydroxyl groups is 1. The van der Waals surface area contributed by atoms with Crippen LogP contribution in [0.15, 0.2) is 90.3 Å². The predicted octanol–water partition coefficient (Wildman–Crippen LogP) is 6.96. The van der Waals surface area contributed by atoms with Gasteiger partial charge in [-0.15, -0.1) is 0 Å². The number of amides is 1. The van der Waals surface area contributed by atoms with Gasteiger partial charge in [-0.3, -0.25) is 9.59 Å². The number of nitrogens with one attached hydrogen (secondary N) is 1. The highest BCUT2D eigenvalue weighted by molar-refractivity contribution is 7.99. The van der Waals surface area contributed by atoms with E-state index in [1.807, 2.05) is 66.3 Å². The average Bonchev–Trinajstić information content (AvgIpc) is 3.52. The van der Waals surface area contributed by atoms with Crippen molar-refractivity contribution in [3.05, 3.63) is 107 Å². The minimum Gasteiger partial charge on any atom is -0.481 e. The van der Waals surface area contributed by atoms with Gasteiger partial charge in [0.1, 0.15) is 0 Å². The van der Waals surface area contributed by atoms with E-state index in [1.54, 1.807) is 18.0 Å². The van der Waals surface area contributed by atoms with Crippen LogP contribution in [0, 0.1) is 0 Å². The topological polar surface area (TPSA) is 123 Å². The lowest BCUT2D eigenvalue weighted by atomic mass is 9.99. The fourth-order valence-corrected chi connectivity index (χ4v) is 6.56. The van der Waals surface area contributed by atoms with Crippen molar-refractivity contribution in [1.29, 1.82) is 0 Å². The molecule has 2 heterocycles. The van der Waals surface area contributed by atoms with Crippen LogP contribution in [0.1, 0.15) is 79.6 Å². The van der Waals surface area contributed by atoms with E-state index in [9.17, 15) is 14.7 Å². The van der Waals surface area contributed by atoms with Crippen LogP contribution in [0.4, 0.5) is 0 Å². The van der Waals surface area contributed by atoms with Crippen LogP contribution in [0.5, 0.6) is 0 Å². The molecule has 9 nitrogen and oxygen atoms in total. The maximum atomic E-state index is 12.4. The molecule has 3 aromatic carbocycles. The number of thioether (sulfide) groups is 1. The molecule has 5 rings (SSSR count). The Balaban J connectivity index is 1.24. The number of nitrogens with zero attached hydrogens (tertiary/aromatic N) is 2. The lowest BCUT2D eigenvalue weighted by Crippen LogP contribution is -2.31. The number of aromatic nitrogens is 2. The summed E-state index contributed by atoms with van der Waals surface area (Å²) in [5.41, 5.74) is 5.90. The smallest absolute Gasteiger partial charge is 0.303 e. The zero-order valence-corrected chi connectivity index (χ0v) is 27.5. The second-order valence-corrected chi connectivity index (χ2v) is 12.9. The largest absolute Gasteiger partial charge is 0.481 e. The second kappa shape index (κ2) is 17.3. The number of unbranched alkanes of at least 4 members (excludes halogenated alkanes) is 3. The number of aliphatic carboxylic acids is 1. The molecule has 47 heavy (non-hydrogen) atoms. The molecule has 3 unspecified atom stereocenters. The van der Waals surface area contributed by atoms with E-state index < -0.39 is 12.3 Å². The van der Waals surface area contributed by atoms with Crippen LogP contribution in [-0.2, 0) is 39.3 Å². The monoisotopic (exact) mass is 657 g/mol. The van der Waals surface area contributed by atoms with Crippen molar-refractivity contribution in [3.8, 4) is 11.1 Å². The van der Waals surface area contributed by atoms with Crippen molar-refractivity contribution in [2.24, 2.45) is 7.05 Å². The summed E-state index contributed by atoms with van der Waals surface area (Å²) in [6.45, 7) is 0.435. The Kier molecular flexibility index (Phi) is 12.6. The van der Waals surface area contributed by atoms with E-state index >= 15 is 0 Å². The third-order valence-corrected chi connectivity index (χ3v) is 9.43. The zero-order chi connectivity index (χ0) is 33.0. The van der Waals surface area contributed by atoms with Gasteiger partial charge in [0.2, 0.25) is 5.91 Å². The number of benzene rings is 3. The first kappa shape index (κ1) is 34.4. The standard InChI is InChI=1S/C37H43N3O6S/c1-40-19-18-38-37(40)47-25-32-22-33(28-16-14-26(24-41)15-17-28)46-36(45-32)31-11-7-10-30(21-31)29-9-6-8-27(20-29)23-39-34(42)12-4-2-3-5-13-35(43)44/h6-11,14-21,32-33,36,41H,2-5,12-13,22-25H2,1H3,(H,39,42)(H,43,44). The lowest BCUT2D eigenvalue weighted by molar-refractivity contribution is -0.245. The number of rotatable bonds is 16. The quantitative estimate of drug-likeness (QED) is 0.0874. The van der Waals surface area contributed by atoms with Gasteiger partial charge < -0.3 is 29.6 Å². The summed E-state index contributed by atoms with van der Waals surface area (Å²) < 4.78 is 15.1. The molecule has 1 fully saturated rings. The molecule has 0 spiro atoms. The van der Waals surface area contributed by atoms with Gasteiger partial charge in [0.25, 0.3) is 0 Å². The van der Waals surface area contributed by atoms with Crippen LogP contribution in [0.25, 0.3) is 11.1 Å². The van der Waals surface area contributed by atoms with Crippen molar-refractivity contribution in [3.63, 3.8) is 0 Å². The Bertz CT molecular complexity index is 1610. The first-order chi connectivity index (χ1) is 22.9. The van der Waals surface area contributed by atoms with Crippen molar-refractivity contribution < 1.29 is 29.3 Å². The van der Waals surface area contributed by atoms with Crippen molar-refractivity contribution in [1.82, 2.24) is 14.9 Å². The highest BCUT2D eigenvalue weighted by atomic mass is 32.2. The third kappa shape index (κ3) is 10.3. The van der Waals surface area contributed by atoms with Crippen molar-refractivity contribution >= 4 is 23.6 Å². The Labute approximate surface area is 280 Å². The molecule has 1 aliphatic rings. The van der Waals surface area contributed by atoms with Crippen molar-refractivity contribution in [2.75, 3.05) is 5.75 Å². The van der Waals surface area contributed by atoms with Crippen LogP contribution in [-0.4, -0.2) is 43.5 Å². The predicted molar refractivity (Wildman–Crippen MR) is 181 cm³/mol. The summed E-state index contributed by atoms with van der Waals surface area (Å²) in [5.74, 6) is -0.0464. The Hall–Kier alpha value is -3.96. The van der Waals surface area contributed by atoms with Crippen molar-refractivity contribution in [2.45, 2.75) is 81.8 Å². The maximum absolute atomic E-state index is 12.4. The van der Waals surface area contributed by atoms with Gasteiger partial charge in [-0.1, -0.05) is 85.3 Å². The molecule has 0 aliphatic carbocycles. The molecule has 1 aliphatic heterocycles. The van der Waals surface area contributed by atoms with Gasteiger partial charge in [-0.05, 0) is 52.8 Å². The van der Waals surface area contributed by atoms with E-state index in [0.29, 0.717) is 25.8 Å². The average molecular weight is 658 g/mol. The lowest BCUT2D eigenvalue weighted by Gasteiger charge is -2.36. The summed E-state index contributed by atoms with van der Waals surface area (Å²) in [4.78, 5) is 27.5. The summed E-state index contributed by atoms with van der Waals surface area (Å²) in [5, 5.41) is 22.2. The first-order valence-corrected chi connectivity index (χ1v) is 17.1. The second-order valence-electron chi connectivity index (χ2n) is 11.9. The van der Waals surface area contributed by atoms with Crippen LogP contribution in [0.3, 0.4) is 0 Å². The van der Waals surface area contributed by atoms with E-state index in [0.717, 1.165) is 63.6 Å². The summed E-state index contributed by atoms with van der Waals surface area (Å²) in [7, 11) is 1.98. The number of carboxylic acid groups (broad SMARTS) is 1. The molecule has 1 amide bonds. The fraction of sp³-hybridized carbons (Fsp3) is 0.378. The van der Waals surface area contributed by atoms with E-state index in [-0.39, 0.29) is 31.1 Å². The molecule has 10 heteroatoms. The van der Waals surface area contributed by atoms with E-state index in [2.05, 4.69) is 34.6 Å². The zero-order valence-electron chi connectivity index (χ0n) is 26.7. The molecule has 1 aromatic heterocycles. The highest BCUT2D eigenvalue weighted by Crippen LogP contribution is 2.40. The number of aryl methyl sites for hydroxylation is 1. The number of carbonyl (C=O) groups excluding carboxylic acids is 1. The third-order valence-electron chi connectivity index (χ3n) is 8.24. The molecule has 4 aromatic rings. The van der Waals surface area contributed by atoms with Gasteiger partial charge in [0.15, 0.2) is 11.4 Å². The molecule has 0 bridgehead atoms. The summed E-state index contributed by atoms with van der Waals surface area (Å²) >= 11 is 1.67. The van der Waals surface area contributed by atoms with Gasteiger partial charge in [-0.2, -0.15) is 0 Å². The van der Waals surface area contributed by atoms with Gasteiger partial charge in [-0.25, -0.2) is 4.98 Å². The molecular formula is C37H43N3O6S. The number of carbonyl (C=O) groups is 2. The number of ether oxygens (including phenoxy) is 2. The molecule has 3 N–H and O–H groups in total. The van der Waals surface area contributed by atoms with E-state index in [4.69, 9.17) is 14.6 Å². The number of imidazole rings is 1. The minimum absolute atomic E-state index is 0.00147. The molecular weight excluding hydrogens is 614 g/mol.